The van der Waals surface area contributed by atoms with E-state index in [1.807, 2.05) is 0 Å². The van der Waals surface area contributed by atoms with E-state index in [0.29, 0.717) is 0 Å². The van der Waals surface area contributed by atoms with Crippen molar-refractivity contribution in [1.82, 2.24) is 0 Å². The quantitative estimate of drug-likeness (QED) is 0.570. The van der Waals surface area contributed by atoms with Gasteiger partial charge in [-0.3, -0.25) is 0 Å². The minimum absolute atomic E-state index is 0. The zero-order valence-corrected chi connectivity index (χ0v) is 10.7. The van der Waals surface area contributed by atoms with Crippen LogP contribution < -0.4 is 10.2 Å². The van der Waals surface area contributed by atoms with Crippen LogP contribution >= 0.6 is 0 Å². The van der Waals surface area contributed by atoms with Crippen molar-refractivity contribution in [2.75, 3.05) is 0 Å². The third-order valence-electron chi connectivity index (χ3n) is 1.36. The zero-order chi connectivity index (χ0) is 13.1. The smallest absolute Gasteiger partial charge is 0.550 e. The van der Waals surface area contributed by atoms with Gasteiger partial charge < -0.3 is 29.4 Å². The fraction of sp³-hybridized carbons (Fsp3) is 0.600. The molecule has 0 aliphatic rings. The van der Waals surface area contributed by atoms with Crippen molar-refractivity contribution in [1.29, 1.82) is 0 Å². The van der Waals surface area contributed by atoms with Crippen LogP contribution in [0.1, 0.15) is 39.5 Å². The van der Waals surface area contributed by atoms with Crippen LogP contribution in [0.25, 0.3) is 0 Å². The Labute approximate surface area is 110 Å². The summed E-state index contributed by atoms with van der Waals surface area (Å²) in [6.07, 6.45) is -0.144. The minimum Gasteiger partial charge on any atom is -0.550 e. The molecule has 0 bridgehead atoms. The Hall–Kier alpha value is -1.21. The molecule has 1 radical (unpaired) electrons. The van der Waals surface area contributed by atoms with Gasteiger partial charge in [-0.05, 0) is 26.7 Å². The fourth-order valence-electron chi connectivity index (χ4n) is 0.556. The molecule has 0 saturated carbocycles. The van der Waals surface area contributed by atoms with Gasteiger partial charge in [-0.25, -0.2) is 0 Å². The molecule has 7 heteroatoms. The standard InChI is InChI=1S/2C5H8O3.Co/c2*1-4(6)2-3-5(7)8;/h2*2-3H2,1H3,(H,7,8);/q;;+2/p-2. The summed E-state index contributed by atoms with van der Waals surface area (Å²) in [7, 11) is 0. The van der Waals surface area contributed by atoms with E-state index in [-0.39, 0.29) is 54.0 Å². The first-order chi connectivity index (χ1) is 7.25. The van der Waals surface area contributed by atoms with E-state index in [4.69, 9.17) is 0 Å². The van der Waals surface area contributed by atoms with E-state index in [0.717, 1.165) is 0 Å². The van der Waals surface area contributed by atoms with Crippen LogP contribution in [-0.2, 0) is 36.0 Å². The Bertz CT molecular complexity index is 218. The van der Waals surface area contributed by atoms with Crippen LogP contribution in [-0.4, -0.2) is 23.5 Å². The number of ketones is 2. The number of rotatable bonds is 6. The topological polar surface area (TPSA) is 114 Å². The van der Waals surface area contributed by atoms with Crippen LogP contribution in [0.4, 0.5) is 0 Å². The number of carbonyl (C=O) groups is 4. The van der Waals surface area contributed by atoms with Gasteiger partial charge in [0.2, 0.25) is 0 Å². The third kappa shape index (κ3) is 31.3. The molecule has 0 aromatic heterocycles. The molecule has 0 unspecified atom stereocenters. The number of hydrogen-bond acceptors (Lipinski definition) is 6. The second kappa shape index (κ2) is 12.9. The van der Waals surface area contributed by atoms with Crippen LogP contribution in [0.2, 0.25) is 0 Å². The average Bonchev–Trinajstić information content (AvgIpc) is 2.12. The first-order valence-corrected chi connectivity index (χ1v) is 4.64. The molecule has 0 aromatic carbocycles. The normalized spacial score (nSPS) is 8.12. The molecule has 0 heterocycles. The van der Waals surface area contributed by atoms with E-state index in [9.17, 15) is 29.4 Å². The SMILES string of the molecule is CC(=O)CCC(=O)[O-].CC(=O)CCC(=O)[O-].[Co+2]. The van der Waals surface area contributed by atoms with Crippen molar-refractivity contribution in [3.8, 4) is 0 Å². The number of carboxylic acid groups (broad SMARTS) is 2. The Morgan fingerprint density at radius 1 is 0.706 bits per heavy atom. The first-order valence-electron chi connectivity index (χ1n) is 4.64. The largest absolute Gasteiger partial charge is 2.00 e. The molecule has 0 amide bonds. The van der Waals surface area contributed by atoms with E-state index in [1.54, 1.807) is 0 Å². The summed E-state index contributed by atoms with van der Waals surface area (Å²) in [6.45, 7) is 2.70. The summed E-state index contributed by atoms with van der Waals surface area (Å²) in [4.78, 5) is 39.4. The second-order valence-corrected chi connectivity index (χ2v) is 3.15. The van der Waals surface area contributed by atoms with E-state index >= 15 is 0 Å². The zero-order valence-electron chi connectivity index (χ0n) is 9.61. The molecule has 0 aliphatic heterocycles. The van der Waals surface area contributed by atoms with Gasteiger partial charge in [-0.15, -0.1) is 0 Å². The Kier molecular flexibility index (Phi) is 16.0. The van der Waals surface area contributed by atoms with Gasteiger partial charge >= 0.3 is 16.8 Å². The second-order valence-electron chi connectivity index (χ2n) is 3.15. The van der Waals surface area contributed by atoms with Crippen molar-refractivity contribution < 1.29 is 46.2 Å². The number of carbonyl (C=O) groups excluding carboxylic acids is 4. The van der Waals surface area contributed by atoms with Gasteiger partial charge in [0.1, 0.15) is 11.6 Å². The predicted molar refractivity (Wildman–Crippen MR) is 49.8 cm³/mol. The van der Waals surface area contributed by atoms with Gasteiger partial charge in [-0.1, -0.05) is 0 Å². The van der Waals surface area contributed by atoms with E-state index in [1.165, 1.54) is 13.8 Å². The fourth-order valence-corrected chi connectivity index (χ4v) is 0.556. The van der Waals surface area contributed by atoms with Gasteiger partial charge in [0, 0.05) is 24.8 Å². The summed E-state index contributed by atoms with van der Waals surface area (Å²) >= 11 is 0. The average molecular weight is 289 g/mol. The summed E-state index contributed by atoms with van der Waals surface area (Å²) in [6, 6.07) is 0. The van der Waals surface area contributed by atoms with Gasteiger partial charge in [0.25, 0.3) is 0 Å². The summed E-state index contributed by atoms with van der Waals surface area (Å²) in [5, 5.41) is 19.3. The molecule has 17 heavy (non-hydrogen) atoms. The van der Waals surface area contributed by atoms with Crippen molar-refractivity contribution in [3.05, 3.63) is 0 Å². The van der Waals surface area contributed by atoms with Gasteiger partial charge in [-0.2, -0.15) is 0 Å². The monoisotopic (exact) mass is 289 g/mol. The maximum atomic E-state index is 10.1. The summed E-state index contributed by atoms with van der Waals surface area (Å²) < 4.78 is 0. The molecule has 0 spiro atoms. The minimum atomic E-state index is -1.17. The summed E-state index contributed by atoms with van der Waals surface area (Å²) in [5.74, 6) is -2.57. The van der Waals surface area contributed by atoms with E-state index < -0.39 is 11.9 Å². The van der Waals surface area contributed by atoms with E-state index in [2.05, 4.69) is 0 Å². The van der Waals surface area contributed by atoms with Crippen LogP contribution in [0, 0.1) is 0 Å². The van der Waals surface area contributed by atoms with Crippen LogP contribution in [0.5, 0.6) is 0 Å². The molecule has 0 saturated heterocycles. The molecular weight excluding hydrogens is 275 g/mol. The molecule has 0 aliphatic carbocycles. The van der Waals surface area contributed by atoms with Gasteiger partial charge in [0.15, 0.2) is 0 Å². The Morgan fingerprint density at radius 3 is 1.00 bits per heavy atom. The third-order valence-corrected chi connectivity index (χ3v) is 1.36. The van der Waals surface area contributed by atoms with Crippen molar-refractivity contribution in [2.24, 2.45) is 0 Å². The van der Waals surface area contributed by atoms with Crippen LogP contribution in [0.3, 0.4) is 0 Å². The summed E-state index contributed by atoms with van der Waals surface area (Å²) in [5.41, 5.74) is 0. The number of aliphatic carboxylic acids is 2. The van der Waals surface area contributed by atoms with Crippen molar-refractivity contribution in [3.63, 3.8) is 0 Å². The molecule has 0 fully saturated rings. The number of hydrogen-bond donors (Lipinski definition) is 0. The molecule has 6 nitrogen and oxygen atoms in total. The van der Waals surface area contributed by atoms with Crippen molar-refractivity contribution in [2.45, 2.75) is 39.5 Å². The molecule has 0 aromatic rings. The molecule has 0 N–H and O–H groups in total. The predicted octanol–water partition coefficient (Wildman–Crippen LogP) is -1.79. The molecule has 0 rings (SSSR count). The number of carboxylic acids is 2. The first kappa shape index (κ1) is 21.1. The van der Waals surface area contributed by atoms with Crippen molar-refractivity contribution >= 4 is 23.5 Å². The molecule has 0 atom stereocenters. The maximum Gasteiger partial charge on any atom is 2.00 e. The number of Topliss-reactive ketones (excluding diaryl/α,β-unsaturated/α-hetero) is 2. The molecular formula is C10H14CoO6. The Balaban J connectivity index is -0.000000218. The van der Waals surface area contributed by atoms with Crippen LogP contribution in [0.15, 0.2) is 0 Å². The maximum absolute atomic E-state index is 10.1. The Morgan fingerprint density at radius 2 is 0.941 bits per heavy atom. The van der Waals surface area contributed by atoms with Gasteiger partial charge in [0.05, 0.1) is 0 Å². The molecule has 99 valence electrons.